The Balaban J connectivity index is 3.17. The molecule has 5 nitrogen and oxygen atoms in total. The minimum Gasteiger partial charge on any atom is -0.465 e. The maximum atomic E-state index is 11.8. The van der Waals surface area contributed by atoms with E-state index in [-0.39, 0.29) is 23.0 Å². The lowest BCUT2D eigenvalue weighted by molar-refractivity contribution is 0.0336. The Morgan fingerprint density at radius 3 is 2.22 bits per heavy atom. The van der Waals surface area contributed by atoms with Gasteiger partial charge in [-0.1, -0.05) is 41.5 Å². The van der Waals surface area contributed by atoms with E-state index in [0.717, 1.165) is 0 Å². The molecule has 2 atom stereocenters. The lowest BCUT2D eigenvalue weighted by Gasteiger charge is -2.45. The molecule has 1 rings (SSSR count). The first-order valence-corrected chi connectivity index (χ1v) is 11.1. The van der Waals surface area contributed by atoms with Crippen molar-refractivity contribution in [3.05, 3.63) is 0 Å². The molecule has 1 saturated heterocycles. The van der Waals surface area contributed by atoms with E-state index in [0.29, 0.717) is 13.0 Å². The summed E-state index contributed by atoms with van der Waals surface area (Å²) in [6.45, 7) is 17.3. The summed E-state index contributed by atoms with van der Waals surface area (Å²) in [6.07, 6.45) is -0.320. The van der Waals surface area contributed by atoms with Crippen LogP contribution in [0, 0.1) is 16.7 Å². The van der Waals surface area contributed by atoms with Crippen LogP contribution >= 0.6 is 0 Å². The minimum atomic E-state index is -1.98. The van der Waals surface area contributed by atoms with E-state index < -0.39 is 19.9 Å². The highest BCUT2D eigenvalue weighted by atomic mass is 28.4. The van der Waals surface area contributed by atoms with Gasteiger partial charge in [-0.3, -0.25) is 4.90 Å². The van der Waals surface area contributed by atoms with Crippen molar-refractivity contribution in [3.8, 4) is 6.07 Å². The molecule has 1 N–H and O–H groups in total. The third-order valence-corrected chi connectivity index (χ3v) is 10.3. The van der Waals surface area contributed by atoms with Crippen LogP contribution in [0.1, 0.15) is 54.4 Å². The Bertz CT molecular complexity index is 499. The molecule has 1 heterocycles. The molecule has 1 amide bonds. The SMILES string of the molecule is CC(C)(C)[C@@]1(CC#N)C[C@@H](O[Si](C)(C)C(C)(C)C)CN1C(=O)O. The fraction of sp³-hybridized carbons (Fsp3) is 0.882. The fourth-order valence-corrected chi connectivity index (χ4v) is 4.48. The van der Waals surface area contributed by atoms with E-state index in [9.17, 15) is 15.2 Å². The highest BCUT2D eigenvalue weighted by molar-refractivity contribution is 6.74. The molecule has 0 aromatic carbocycles. The fourth-order valence-electron chi connectivity index (χ4n) is 3.14. The molecule has 0 aliphatic carbocycles. The lowest BCUT2D eigenvalue weighted by atomic mass is 9.70. The molecule has 0 saturated carbocycles. The second-order valence-corrected chi connectivity index (χ2v) is 14.0. The van der Waals surface area contributed by atoms with Crippen LogP contribution in [0.4, 0.5) is 4.79 Å². The maximum absolute atomic E-state index is 11.8. The van der Waals surface area contributed by atoms with E-state index in [4.69, 9.17) is 4.43 Å². The van der Waals surface area contributed by atoms with Crippen molar-refractivity contribution in [2.45, 2.75) is 84.2 Å². The number of nitriles is 1. The van der Waals surface area contributed by atoms with Crippen LogP contribution in [-0.2, 0) is 4.43 Å². The molecule has 1 fully saturated rings. The quantitative estimate of drug-likeness (QED) is 0.770. The van der Waals surface area contributed by atoms with E-state index >= 15 is 0 Å². The number of hydrogen-bond donors (Lipinski definition) is 1. The monoisotopic (exact) mass is 340 g/mol. The van der Waals surface area contributed by atoms with E-state index in [1.54, 1.807) is 0 Å². The topological polar surface area (TPSA) is 73.6 Å². The van der Waals surface area contributed by atoms with Gasteiger partial charge in [0.05, 0.1) is 24.1 Å². The van der Waals surface area contributed by atoms with Gasteiger partial charge in [0.25, 0.3) is 0 Å². The van der Waals surface area contributed by atoms with Crippen molar-refractivity contribution in [3.63, 3.8) is 0 Å². The second-order valence-electron chi connectivity index (χ2n) is 9.21. The first-order valence-electron chi connectivity index (χ1n) is 8.23. The summed E-state index contributed by atoms with van der Waals surface area (Å²) in [4.78, 5) is 13.3. The van der Waals surface area contributed by atoms with Gasteiger partial charge in [0, 0.05) is 6.54 Å². The number of carbonyl (C=O) groups is 1. The van der Waals surface area contributed by atoms with Gasteiger partial charge in [-0.15, -0.1) is 0 Å². The van der Waals surface area contributed by atoms with Crippen LogP contribution in [0.3, 0.4) is 0 Å². The molecule has 0 aromatic rings. The molecule has 0 aromatic heterocycles. The summed E-state index contributed by atoms with van der Waals surface area (Å²) >= 11 is 0. The molecule has 23 heavy (non-hydrogen) atoms. The predicted molar refractivity (Wildman–Crippen MR) is 93.8 cm³/mol. The first-order chi connectivity index (χ1) is 10.2. The first kappa shape index (κ1) is 20.0. The van der Waals surface area contributed by atoms with Crippen LogP contribution < -0.4 is 0 Å². The normalized spacial score (nSPS) is 26.2. The number of nitrogens with zero attached hydrogens (tertiary/aromatic N) is 2. The third kappa shape index (κ3) is 3.72. The Kier molecular flexibility index (Phi) is 5.30. The van der Waals surface area contributed by atoms with Gasteiger partial charge in [-0.05, 0) is 30.0 Å². The van der Waals surface area contributed by atoms with Crippen molar-refractivity contribution < 1.29 is 14.3 Å². The van der Waals surface area contributed by atoms with Crippen molar-refractivity contribution in [2.24, 2.45) is 5.41 Å². The average Bonchev–Trinajstić information content (AvgIpc) is 2.66. The Morgan fingerprint density at radius 1 is 1.35 bits per heavy atom. The zero-order valence-electron chi connectivity index (χ0n) is 15.9. The van der Waals surface area contributed by atoms with Crippen LogP contribution in [0.15, 0.2) is 0 Å². The zero-order valence-corrected chi connectivity index (χ0v) is 16.9. The van der Waals surface area contributed by atoms with E-state index in [2.05, 4.69) is 39.9 Å². The van der Waals surface area contributed by atoms with Crippen LogP contribution in [0.5, 0.6) is 0 Å². The summed E-state index contributed by atoms with van der Waals surface area (Å²) in [5.41, 5.74) is -1.02. The van der Waals surface area contributed by atoms with E-state index in [1.807, 2.05) is 20.8 Å². The van der Waals surface area contributed by atoms with Gasteiger partial charge in [0.1, 0.15) is 0 Å². The molecule has 0 spiro atoms. The molecular weight excluding hydrogens is 308 g/mol. The Hall–Kier alpha value is -1.06. The van der Waals surface area contributed by atoms with Gasteiger partial charge >= 0.3 is 6.09 Å². The molecule has 0 bridgehead atoms. The molecule has 1 aliphatic heterocycles. The molecule has 0 radical (unpaired) electrons. The smallest absolute Gasteiger partial charge is 0.407 e. The number of amides is 1. The molecule has 0 unspecified atom stereocenters. The highest BCUT2D eigenvalue weighted by Gasteiger charge is 2.56. The highest BCUT2D eigenvalue weighted by Crippen LogP contribution is 2.48. The Morgan fingerprint density at radius 2 is 1.87 bits per heavy atom. The van der Waals surface area contributed by atoms with Gasteiger partial charge in [-0.2, -0.15) is 5.26 Å². The molecule has 132 valence electrons. The summed E-state index contributed by atoms with van der Waals surface area (Å²) < 4.78 is 6.46. The third-order valence-electron chi connectivity index (χ3n) is 5.73. The standard InChI is InChI=1S/C17H32N2O3Si/c1-15(2,3)17(9-10-18)11-13(12-19(17)14(20)21)22-23(7,8)16(4,5)6/h13H,9,11-12H2,1-8H3,(H,20,21)/t13-,17-/m1/s1. The molecular formula is C17H32N2O3Si. The van der Waals surface area contributed by atoms with E-state index in [1.165, 1.54) is 4.90 Å². The van der Waals surface area contributed by atoms with Gasteiger partial charge in [0.2, 0.25) is 0 Å². The number of rotatable bonds is 3. The van der Waals surface area contributed by atoms with Gasteiger partial charge in [0.15, 0.2) is 8.32 Å². The number of likely N-dealkylation sites (tertiary alicyclic amines) is 1. The number of hydrogen-bond acceptors (Lipinski definition) is 3. The Labute approximate surface area is 141 Å². The minimum absolute atomic E-state index is 0.0727. The van der Waals surface area contributed by atoms with Crippen LogP contribution in [-0.4, -0.2) is 42.6 Å². The van der Waals surface area contributed by atoms with Crippen molar-refractivity contribution in [2.75, 3.05) is 6.54 Å². The van der Waals surface area contributed by atoms with Crippen LogP contribution in [0.2, 0.25) is 18.1 Å². The zero-order chi connectivity index (χ0) is 18.3. The van der Waals surface area contributed by atoms with Crippen molar-refractivity contribution >= 4 is 14.4 Å². The summed E-state index contributed by atoms with van der Waals surface area (Å²) in [7, 11) is -1.98. The van der Waals surface area contributed by atoms with Crippen molar-refractivity contribution in [1.29, 1.82) is 5.26 Å². The molecule has 6 heteroatoms. The predicted octanol–water partition coefficient (Wildman–Crippen LogP) is 4.46. The van der Waals surface area contributed by atoms with Gasteiger partial charge < -0.3 is 9.53 Å². The summed E-state index contributed by atoms with van der Waals surface area (Å²) in [6, 6.07) is 2.21. The molecule has 1 aliphatic rings. The van der Waals surface area contributed by atoms with Crippen molar-refractivity contribution in [1.82, 2.24) is 4.90 Å². The largest absolute Gasteiger partial charge is 0.465 e. The lowest BCUT2D eigenvalue weighted by Crippen LogP contribution is -2.55. The average molecular weight is 341 g/mol. The maximum Gasteiger partial charge on any atom is 0.407 e. The second kappa shape index (κ2) is 6.10. The van der Waals surface area contributed by atoms with Gasteiger partial charge in [-0.25, -0.2) is 4.79 Å². The summed E-state index contributed by atoms with van der Waals surface area (Å²) in [5, 5.41) is 19.1. The number of carboxylic acid groups (broad SMARTS) is 1. The van der Waals surface area contributed by atoms with Crippen LogP contribution in [0.25, 0.3) is 0 Å². The summed E-state index contributed by atoms with van der Waals surface area (Å²) in [5.74, 6) is 0.